The predicted molar refractivity (Wildman–Crippen MR) is 37.2 cm³/mol. The fourth-order valence-electron chi connectivity index (χ4n) is 1.72. The van der Waals surface area contributed by atoms with E-state index in [0.29, 0.717) is 6.61 Å². The number of aliphatic hydroxyl groups is 3. The first kappa shape index (κ1) is 8.40. The third-order valence-corrected chi connectivity index (χ3v) is 2.49. The van der Waals surface area contributed by atoms with Gasteiger partial charge in [0.2, 0.25) is 0 Å². The molecule has 0 aliphatic carbocycles. The zero-order valence-corrected chi connectivity index (χ0v) is 6.46. The molecule has 5 atom stereocenters. The van der Waals surface area contributed by atoms with E-state index < -0.39 is 24.6 Å². The van der Waals surface area contributed by atoms with Crippen molar-refractivity contribution in [3.63, 3.8) is 0 Å². The Morgan fingerprint density at radius 3 is 2.58 bits per heavy atom. The van der Waals surface area contributed by atoms with Crippen molar-refractivity contribution in [1.82, 2.24) is 0 Å². The fraction of sp³-hybridized carbons (Fsp3) is 1.00. The van der Waals surface area contributed by atoms with Crippen molar-refractivity contribution in [3.05, 3.63) is 0 Å². The van der Waals surface area contributed by atoms with Crippen LogP contribution in [0.5, 0.6) is 0 Å². The summed E-state index contributed by atoms with van der Waals surface area (Å²) in [5.74, 6) is -0.310. The molecule has 12 heavy (non-hydrogen) atoms. The lowest BCUT2D eigenvalue weighted by atomic mass is 9.88. The lowest BCUT2D eigenvalue weighted by Crippen LogP contribution is -2.62. The highest BCUT2D eigenvalue weighted by Crippen LogP contribution is 2.32. The SMILES string of the molecule is OCC1OC2OCC1C(O)C2O. The molecule has 0 spiro atoms. The van der Waals surface area contributed by atoms with Crippen LogP contribution in [0, 0.1) is 5.92 Å². The molecule has 0 amide bonds. The molecular formula is C7H12O5. The van der Waals surface area contributed by atoms with Crippen molar-refractivity contribution < 1.29 is 24.8 Å². The Hall–Kier alpha value is -0.200. The van der Waals surface area contributed by atoms with Gasteiger partial charge in [0.15, 0.2) is 6.29 Å². The van der Waals surface area contributed by atoms with Gasteiger partial charge in [0.05, 0.1) is 25.4 Å². The predicted octanol–water partition coefficient (Wildman–Crippen LogP) is -1.93. The van der Waals surface area contributed by atoms with E-state index in [1.165, 1.54) is 0 Å². The van der Waals surface area contributed by atoms with Crippen LogP contribution in [0.2, 0.25) is 0 Å². The van der Waals surface area contributed by atoms with Crippen molar-refractivity contribution in [3.8, 4) is 0 Å². The average Bonchev–Trinajstić information content (AvgIpc) is 2.12. The number of hydrogen-bond donors (Lipinski definition) is 3. The maximum atomic E-state index is 9.45. The van der Waals surface area contributed by atoms with E-state index in [9.17, 15) is 10.2 Å². The maximum absolute atomic E-state index is 9.45. The molecule has 0 aromatic heterocycles. The van der Waals surface area contributed by atoms with E-state index in [4.69, 9.17) is 14.6 Å². The van der Waals surface area contributed by atoms with Gasteiger partial charge in [-0.1, -0.05) is 0 Å². The lowest BCUT2D eigenvalue weighted by molar-refractivity contribution is -0.342. The first-order valence-corrected chi connectivity index (χ1v) is 3.98. The summed E-state index contributed by atoms with van der Waals surface area (Å²) >= 11 is 0. The van der Waals surface area contributed by atoms with E-state index in [1.54, 1.807) is 0 Å². The van der Waals surface area contributed by atoms with Crippen LogP contribution in [-0.4, -0.2) is 53.1 Å². The Labute approximate surface area is 69.5 Å². The number of aliphatic hydroxyl groups excluding tert-OH is 3. The third-order valence-electron chi connectivity index (χ3n) is 2.49. The van der Waals surface area contributed by atoms with Crippen LogP contribution in [-0.2, 0) is 9.47 Å². The fourth-order valence-corrected chi connectivity index (χ4v) is 1.72. The van der Waals surface area contributed by atoms with Gasteiger partial charge >= 0.3 is 0 Å². The topological polar surface area (TPSA) is 79.2 Å². The summed E-state index contributed by atoms with van der Waals surface area (Å²) in [5, 5.41) is 27.6. The number of ether oxygens (including phenoxy) is 2. The Morgan fingerprint density at radius 2 is 2.00 bits per heavy atom. The van der Waals surface area contributed by atoms with Crippen molar-refractivity contribution in [2.45, 2.75) is 24.6 Å². The van der Waals surface area contributed by atoms with E-state index in [1.807, 2.05) is 0 Å². The van der Waals surface area contributed by atoms with Crippen LogP contribution >= 0.6 is 0 Å². The van der Waals surface area contributed by atoms with Crippen molar-refractivity contribution >= 4 is 0 Å². The van der Waals surface area contributed by atoms with Crippen molar-refractivity contribution in [2.75, 3.05) is 13.2 Å². The van der Waals surface area contributed by atoms with Gasteiger partial charge in [-0.15, -0.1) is 0 Å². The van der Waals surface area contributed by atoms with Gasteiger partial charge in [0.25, 0.3) is 0 Å². The normalized spacial score (nSPS) is 52.8. The summed E-state index contributed by atoms with van der Waals surface area (Å²) in [5.41, 5.74) is 0. The second-order valence-corrected chi connectivity index (χ2v) is 3.20. The first-order chi connectivity index (χ1) is 5.74. The summed E-state index contributed by atoms with van der Waals surface area (Å²) in [6.07, 6.45) is -2.99. The molecular weight excluding hydrogens is 164 g/mol. The molecule has 5 unspecified atom stereocenters. The quantitative estimate of drug-likeness (QED) is 0.433. The van der Waals surface area contributed by atoms with Crippen LogP contribution in [0.3, 0.4) is 0 Å². The Bertz CT molecular complexity index is 169. The zero-order valence-electron chi connectivity index (χ0n) is 6.46. The lowest BCUT2D eigenvalue weighted by Gasteiger charge is -2.47. The molecule has 5 heteroatoms. The van der Waals surface area contributed by atoms with Crippen LogP contribution in [0.1, 0.15) is 0 Å². The molecule has 3 fully saturated rings. The van der Waals surface area contributed by atoms with Crippen LogP contribution in [0.15, 0.2) is 0 Å². The zero-order chi connectivity index (χ0) is 8.72. The van der Waals surface area contributed by atoms with E-state index in [0.717, 1.165) is 0 Å². The van der Waals surface area contributed by atoms with Crippen LogP contribution in [0.4, 0.5) is 0 Å². The first-order valence-electron chi connectivity index (χ1n) is 3.98. The second kappa shape index (κ2) is 2.93. The van der Waals surface area contributed by atoms with Crippen molar-refractivity contribution in [2.24, 2.45) is 5.92 Å². The maximum Gasteiger partial charge on any atom is 0.186 e. The van der Waals surface area contributed by atoms with Gasteiger partial charge in [-0.25, -0.2) is 0 Å². The molecule has 3 rings (SSSR count). The third kappa shape index (κ3) is 1.06. The summed E-state index contributed by atoms with van der Waals surface area (Å²) in [4.78, 5) is 0. The standard InChI is InChI=1S/C7H12O5/c8-1-4-3-2-11-7(12-4)6(10)5(3)9/h3-10H,1-2H2. The van der Waals surface area contributed by atoms with Gasteiger partial charge in [-0.2, -0.15) is 0 Å². The van der Waals surface area contributed by atoms with E-state index >= 15 is 0 Å². The van der Waals surface area contributed by atoms with Crippen LogP contribution in [0.25, 0.3) is 0 Å². The van der Waals surface area contributed by atoms with Gasteiger partial charge < -0.3 is 24.8 Å². The van der Waals surface area contributed by atoms with Gasteiger partial charge in [-0.05, 0) is 0 Å². The summed E-state index contributed by atoms with van der Waals surface area (Å²) in [7, 11) is 0. The monoisotopic (exact) mass is 176 g/mol. The summed E-state index contributed by atoms with van der Waals surface area (Å²) < 4.78 is 10.2. The Morgan fingerprint density at radius 1 is 1.25 bits per heavy atom. The molecule has 0 aromatic carbocycles. The molecule has 2 bridgehead atoms. The molecule has 3 aliphatic heterocycles. The Kier molecular flexibility index (Phi) is 2.05. The molecule has 5 nitrogen and oxygen atoms in total. The highest BCUT2D eigenvalue weighted by molar-refractivity contribution is 4.92. The largest absolute Gasteiger partial charge is 0.394 e. The highest BCUT2D eigenvalue weighted by atomic mass is 16.7. The molecule has 3 heterocycles. The molecule has 3 aliphatic rings. The number of fused-ring (bicyclic) bond motifs is 3. The number of rotatable bonds is 1. The molecule has 0 saturated carbocycles. The molecule has 3 saturated heterocycles. The van der Waals surface area contributed by atoms with Gasteiger partial charge in [0.1, 0.15) is 6.10 Å². The Balaban J connectivity index is 2.12. The summed E-state index contributed by atoms with van der Waals surface area (Å²) in [6, 6.07) is 0. The smallest absolute Gasteiger partial charge is 0.186 e. The van der Waals surface area contributed by atoms with E-state index in [2.05, 4.69) is 0 Å². The minimum absolute atomic E-state index is 0.145. The van der Waals surface area contributed by atoms with Crippen molar-refractivity contribution in [1.29, 1.82) is 0 Å². The second-order valence-electron chi connectivity index (χ2n) is 3.20. The minimum Gasteiger partial charge on any atom is -0.394 e. The minimum atomic E-state index is -0.980. The van der Waals surface area contributed by atoms with E-state index in [-0.39, 0.29) is 12.5 Å². The molecule has 3 N–H and O–H groups in total. The molecule has 70 valence electrons. The summed E-state index contributed by atoms with van der Waals surface area (Å²) in [6.45, 7) is 0.197. The van der Waals surface area contributed by atoms with Gasteiger partial charge in [0, 0.05) is 5.92 Å². The molecule has 0 aromatic rings. The average molecular weight is 176 g/mol. The van der Waals surface area contributed by atoms with Crippen LogP contribution < -0.4 is 0 Å². The highest BCUT2D eigenvalue weighted by Gasteiger charge is 2.49. The van der Waals surface area contributed by atoms with Gasteiger partial charge in [-0.3, -0.25) is 0 Å². The number of hydrogen-bond acceptors (Lipinski definition) is 5. The molecule has 0 radical (unpaired) electrons.